The summed E-state index contributed by atoms with van der Waals surface area (Å²) in [4.78, 5) is 11.3. The number of hydrogen-bond donors (Lipinski definition) is 1. The van der Waals surface area contributed by atoms with Gasteiger partial charge in [-0.25, -0.2) is 9.97 Å². The monoisotopic (exact) mass is 390 g/mol. The van der Waals surface area contributed by atoms with Gasteiger partial charge < -0.3 is 14.8 Å². The van der Waals surface area contributed by atoms with Gasteiger partial charge in [0, 0.05) is 43.8 Å². The first kappa shape index (κ1) is 19.4. The highest BCUT2D eigenvalue weighted by Gasteiger charge is 2.23. The third-order valence-electron chi connectivity index (χ3n) is 5.25. The van der Waals surface area contributed by atoms with E-state index in [2.05, 4.69) is 44.5 Å². The number of rotatable bonds is 7. The number of nitrogens with one attached hydrogen (secondary N) is 1. The van der Waals surface area contributed by atoms with Crippen LogP contribution in [-0.2, 0) is 11.3 Å². The lowest BCUT2D eigenvalue weighted by molar-refractivity contribution is -0.00814. The minimum atomic E-state index is 0.241. The van der Waals surface area contributed by atoms with Gasteiger partial charge in [-0.05, 0) is 48.2 Å². The minimum Gasteiger partial charge on any atom is -0.497 e. The number of anilines is 2. The van der Waals surface area contributed by atoms with Gasteiger partial charge in [0.05, 0.1) is 7.11 Å². The van der Waals surface area contributed by atoms with E-state index in [-0.39, 0.29) is 6.23 Å². The van der Waals surface area contributed by atoms with E-state index in [4.69, 9.17) is 9.47 Å². The molecule has 150 valence electrons. The average Bonchev–Trinajstić information content (AvgIpc) is 3.23. The van der Waals surface area contributed by atoms with Crippen molar-refractivity contribution in [3.05, 3.63) is 66.5 Å². The van der Waals surface area contributed by atoms with Gasteiger partial charge in [0.2, 0.25) is 5.95 Å². The van der Waals surface area contributed by atoms with Gasteiger partial charge in [-0.1, -0.05) is 24.3 Å². The molecule has 1 aliphatic heterocycles. The van der Waals surface area contributed by atoms with E-state index in [0.717, 1.165) is 42.1 Å². The predicted octanol–water partition coefficient (Wildman–Crippen LogP) is 4.46. The molecule has 1 atom stereocenters. The number of methoxy groups -OCH3 is 2. The Hall–Kier alpha value is -2.96. The molecule has 6 nitrogen and oxygen atoms in total. The van der Waals surface area contributed by atoms with Crippen LogP contribution in [0.5, 0.6) is 5.75 Å². The lowest BCUT2D eigenvalue weighted by Crippen LogP contribution is -2.30. The molecule has 29 heavy (non-hydrogen) atoms. The maximum atomic E-state index is 5.54. The lowest BCUT2D eigenvalue weighted by Gasteiger charge is -2.23. The summed E-state index contributed by atoms with van der Waals surface area (Å²) in [5, 5.41) is 3.26. The van der Waals surface area contributed by atoms with Crippen LogP contribution in [0.15, 0.2) is 60.9 Å². The highest BCUT2D eigenvalue weighted by Crippen LogP contribution is 2.23. The summed E-state index contributed by atoms with van der Waals surface area (Å²) < 4.78 is 10.7. The molecule has 0 bridgehead atoms. The molecule has 0 radical (unpaired) electrons. The molecule has 1 aromatic heterocycles. The van der Waals surface area contributed by atoms with Crippen LogP contribution < -0.4 is 10.1 Å². The van der Waals surface area contributed by atoms with E-state index in [1.807, 2.05) is 36.7 Å². The van der Waals surface area contributed by atoms with Crippen molar-refractivity contribution in [2.24, 2.45) is 0 Å². The van der Waals surface area contributed by atoms with Gasteiger partial charge in [-0.3, -0.25) is 4.90 Å². The van der Waals surface area contributed by atoms with Crippen molar-refractivity contribution in [2.45, 2.75) is 25.6 Å². The lowest BCUT2D eigenvalue weighted by atomic mass is 10.1. The van der Waals surface area contributed by atoms with Gasteiger partial charge in [0.1, 0.15) is 12.0 Å². The van der Waals surface area contributed by atoms with E-state index < -0.39 is 0 Å². The van der Waals surface area contributed by atoms with Gasteiger partial charge in [-0.2, -0.15) is 0 Å². The smallest absolute Gasteiger partial charge is 0.227 e. The van der Waals surface area contributed by atoms with Gasteiger partial charge in [0.15, 0.2) is 0 Å². The molecule has 3 aromatic rings. The Labute approximate surface area is 171 Å². The van der Waals surface area contributed by atoms with Crippen LogP contribution in [-0.4, -0.2) is 41.9 Å². The molecule has 6 heteroatoms. The summed E-state index contributed by atoms with van der Waals surface area (Å²) in [6, 6.07) is 16.3. The van der Waals surface area contributed by atoms with Gasteiger partial charge in [-0.15, -0.1) is 0 Å². The maximum Gasteiger partial charge on any atom is 0.227 e. The summed E-state index contributed by atoms with van der Waals surface area (Å²) in [6.07, 6.45) is 6.20. The second kappa shape index (κ2) is 9.03. The zero-order valence-electron chi connectivity index (χ0n) is 16.8. The Bertz CT molecular complexity index is 911. The van der Waals surface area contributed by atoms with Crippen molar-refractivity contribution in [1.29, 1.82) is 0 Å². The Balaban J connectivity index is 1.37. The van der Waals surface area contributed by atoms with Crippen LogP contribution in [0.3, 0.4) is 0 Å². The quantitative estimate of drug-likeness (QED) is 0.643. The van der Waals surface area contributed by atoms with Crippen LogP contribution in [0.2, 0.25) is 0 Å². The predicted molar refractivity (Wildman–Crippen MR) is 114 cm³/mol. The minimum absolute atomic E-state index is 0.241. The molecular formula is C23H26N4O2. The Morgan fingerprint density at radius 3 is 2.34 bits per heavy atom. The first-order chi connectivity index (χ1) is 14.2. The number of benzene rings is 2. The Morgan fingerprint density at radius 1 is 0.966 bits per heavy atom. The van der Waals surface area contributed by atoms with Crippen molar-refractivity contribution >= 4 is 11.6 Å². The fourth-order valence-corrected chi connectivity index (χ4v) is 3.63. The van der Waals surface area contributed by atoms with Crippen molar-refractivity contribution in [3.63, 3.8) is 0 Å². The molecule has 2 heterocycles. The van der Waals surface area contributed by atoms with Crippen molar-refractivity contribution < 1.29 is 9.47 Å². The molecule has 1 fully saturated rings. The van der Waals surface area contributed by atoms with E-state index in [0.29, 0.717) is 5.95 Å². The average molecular weight is 390 g/mol. The molecule has 1 aliphatic rings. The fourth-order valence-electron chi connectivity index (χ4n) is 3.63. The van der Waals surface area contributed by atoms with E-state index >= 15 is 0 Å². The third-order valence-corrected chi connectivity index (χ3v) is 5.25. The summed E-state index contributed by atoms with van der Waals surface area (Å²) in [6.45, 7) is 2.00. The standard InChI is InChI=1S/C23H26N4O2/c1-28-21-11-7-18(8-12-21)19-14-24-23(25-15-19)26-20-9-5-17(6-10-20)16-27-13-3-4-22(27)29-2/h5-12,14-15,22H,3-4,13,16H2,1-2H3,(H,24,25,26)/t22-/m0/s1. The molecule has 0 unspecified atom stereocenters. The van der Waals surface area contributed by atoms with Crippen molar-refractivity contribution in [2.75, 3.05) is 26.1 Å². The first-order valence-corrected chi connectivity index (χ1v) is 9.84. The second-order valence-electron chi connectivity index (χ2n) is 7.15. The number of likely N-dealkylation sites (tertiary alicyclic amines) is 1. The number of ether oxygens (including phenoxy) is 2. The van der Waals surface area contributed by atoms with Crippen LogP contribution >= 0.6 is 0 Å². The van der Waals surface area contributed by atoms with Gasteiger partial charge in [0.25, 0.3) is 0 Å². The van der Waals surface area contributed by atoms with Gasteiger partial charge >= 0.3 is 0 Å². The maximum absolute atomic E-state index is 5.54. The highest BCUT2D eigenvalue weighted by atomic mass is 16.5. The molecule has 0 spiro atoms. The Morgan fingerprint density at radius 2 is 1.69 bits per heavy atom. The summed E-state index contributed by atoms with van der Waals surface area (Å²) in [5.74, 6) is 1.41. The van der Waals surface area contributed by atoms with E-state index in [9.17, 15) is 0 Å². The molecule has 0 amide bonds. The van der Waals surface area contributed by atoms with E-state index in [1.54, 1.807) is 14.2 Å². The summed E-state index contributed by atoms with van der Waals surface area (Å²) >= 11 is 0. The van der Waals surface area contributed by atoms with Crippen LogP contribution in [0, 0.1) is 0 Å². The summed E-state index contributed by atoms with van der Waals surface area (Å²) in [5.41, 5.74) is 4.26. The van der Waals surface area contributed by atoms with Crippen LogP contribution in [0.4, 0.5) is 11.6 Å². The molecular weight excluding hydrogens is 364 g/mol. The second-order valence-corrected chi connectivity index (χ2v) is 7.15. The SMILES string of the molecule is COc1ccc(-c2cnc(Nc3ccc(CN4CCC[C@@H]4OC)cc3)nc2)cc1. The molecule has 2 aromatic carbocycles. The largest absolute Gasteiger partial charge is 0.497 e. The van der Waals surface area contributed by atoms with Crippen molar-refractivity contribution in [1.82, 2.24) is 14.9 Å². The van der Waals surface area contributed by atoms with Crippen molar-refractivity contribution in [3.8, 4) is 16.9 Å². The first-order valence-electron chi connectivity index (χ1n) is 9.84. The number of hydrogen-bond acceptors (Lipinski definition) is 6. The zero-order chi connectivity index (χ0) is 20.1. The van der Waals surface area contributed by atoms with Crippen LogP contribution in [0.25, 0.3) is 11.1 Å². The highest BCUT2D eigenvalue weighted by molar-refractivity contribution is 5.63. The Kier molecular flexibility index (Phi) is 6.03. The molecule has 0 saturated carbocycles. The molecule has 0 aliphatic carbocycles. The van der Waals surface area contributed by atoms with Crippen LogP contribution in [0.1, 0.15) is 18.4 Å². The van der Waals surface area contributed by atoms with E-state index in [1.165, 1.54) is 12.0 Å². The zero-order valence-corrected chi connectivity index (χ0v) is 16.8. The fraction of sp³-hybridized carbons (Fsp3) is 0.304. The summed E-state index contributed by atoms with van der Waals surface area (Å²) in [7, 11) is 3.45. The third kappa shape index (κ3) is 4.72. The number of aromatic nitrogens is 2. The topological polar surface area (TPSA) is 59.5 Å². The molecule has 1 N–H and O–H groups in total. The molecule has 4 rings (SSSR count). The molecule has 1 saturated heterocycles. The number of nitrogens with zero attached hydrogens (tertiary/aromatic N) is 3. The normalized spacial score (nSPS) is 16.7.